The van der Waals surface area contributed by atoms with Crippen LogP contribution in [0, 0.1) is 5.92 Å². The van der Waals surface area contributed by atoms with E-state index in [0.717, 1.165) is 31.9 Å². The Morgan fingerprint density at radius 3 is 2.19 bits per heavy atom. The Kier molecular flexibility index (Phi) is 6.99. The summed E-state index contributed by atoms with van der Waals surface area (Å²) in [6.45, 7) is 1.94. The molecule has 0 bridgehead atoms. The van der Waals surface area contributed by atoms with Gasteiger partial charge in [-0.15, -0.1) is 0 Å². The van der Waals surface area contributed by atoms with Crippen LogP contribution in [0.15, 0.2) is 0 Å². The second-order valence-electron chi connectivity index (χ2n) is 6.87. The quantitative estimate of drug-likeness (QED) is 0.603. The van der Waals surface area contributed by atoms with Gasteiger partial charge in [-0.2, -0.15) is 4.31 Å². The van der Waals surface area contributed by atoms with Gasteiger partial charge in [0.25, 0.3) is 5.91 Å². The van der Waals surface area contributed by atoms with E-state index in [9.17, 15) is 22.8 Å². The van der Waals surface area contributed by atoms with Gasteiger partial charge in [-0.3, -0.25) is 9.59 Å². The maximum atomic E-state index is 12.3. The molecular weight excluding hydrogens is 362 g/mol. The van der Waals surface area contributed by atoms with Crippen LogP contribution in [0.3, 0.4) is 0 Å². The Morgan fingerprint density at radius 2 is 1.69 bits per heavy atom. The molecule has 1 N–H and O–H groups in total. The Labute approximate surface area is 154 Å². The van der Waals surface area contributed by atoms with Gasteiger partial charge in [0.1, 0.15) is 6.04 Å². The summed E-state index contributed by atoms with van der Waals surface area (Å²) in [6.07, 6.45) is 4.86. The van der Waals surface area contributed by atoms with E-state index < -0.39 is 28.6 Å². The van der Waals surface area contributed by atoms with Crippen LogP contribution in [0.25, 0.3) is 0 Å². The van der Waals surface area contributed by atoms with E-state index in [1.807, 2.05) is 0 Å². The van der Waals surface area contributed by atoms with Crippen molar-refractivity contribution < 1.29 is 27.5 Å². The third-order valence-electron chi connectivity index (χ3n) is 4.88. The predicted molar refractivity (Wildman–Crippen MR) is 93.5 cm³/mol. The average molecular weight is 389 g/mol. The lowest BCUT2D eigenvalue weighted by Crippen LogP contribution is -2.51. The van der Waals surface area contributed by atoms with Gasteiger partial charge >= 0.3 is 5.97 Å². The van der Waals surface area contributed by atoms with Crippen LogP contribution < -0.4 is 5.32 Å². The molecule has 0 spiro atoms. The summed E-state index contributed by atoms with van der Waals surface area (Å²) in [5.74, 6) is -1.21. The minimum Gasteiger partial charge on any atom is -0.454 e. The first kappa shape index (κ1) is 20.6. The highest BCUT2D eigenvalue weighted by Gasteiger charge is 2.33. The normalized spacial score (nSPS) is 20.6. The molecule has 1 saturated carbocycles. The zero-order valence-corrected chi connectivity index (χ0v) is 16.1. The second-order valence-corrected chi connectivity index (χ2v) is 8.86. The number of nitrogens with zero attached hydrogens (tertiary/aromatic N) is 2. The van der Waals surface area contributed by atoms with Crippen molar-refractivity contribution in [3.8, 4) is 0 Å². The molecule has 1 aliphatic carbocycles. The number of sulfonamides is 1. The lowest BCUT2D eigenvalue weighted by Gasteiger charge is -2.33. The Morgan fingerprint density at radius 1 is 1.12 bits per heavy atom. The number of piperazine rings is 1. The average Bonchev–Trinajstić information content (AvgIpc) is 3.10. The van der Waals surface area contributed by atoms with Crippen LogP contribution in [-0.2, 0) is 29.1 Å². The van der Waals surface area contributed by atoms with Gasteiger partial charge in [0, 0.05) is 33.1 Å². The van der Waals surface area contributed by atoms with Crippen molar-refractivity contribution in [1.82, 2.24) is 14.5 Å². The summed E-state index contributed by atoms with van der Waals surface area (Å²) in [6, 6.07) is -0.718. The van der Waals surface area contributed by atoms with Crippen LogP contribution >= 0.6 is 0 Å². The lowest BCUT2D eigenvalue weighted by atomic mass is 9.98. The highest BCUT2D eigenvalue weighted by atomic mass is 32.2. The van der Waals surface area contributed by atoms with Gasteiger partial charge < -0.3 is 15.0 Å². The molecule has 1 unspecified atom stereocenters. The molecule has 0 radical (unpaired) electrons. The first-order chi connectivity index (χ1) is 12.2. The maximum absolute atomic E-state index is 12.3. The molecule has 2 amide bonds. The fraction of sp³-hybridized carbons (Fsp3) is 0.812. The SMILES string of the molecule is CC(=O)NC(C(=O)OCC(=O)N1CCN(S(C)(=O)=O)CC1)C1CCCC1. The van der Waals surface area contributed by atoms with Crippen molar-refractivity contribution in [3.05, 3.63) is 0 Å². The van der Waals surface area contributed by atoms with Gasteiger partial charge in [0.2, 0.25) is 15.9 Å². The molecule has 10 heteroatoms. The monoisotopic (exact) mass is 389 g/mol. The molecular formula is C16H27N3O6S. The van der Waals surface area contributed by atoms with Gasteiger partial charge in [-0.1, -0.05) is 12.8 Å². The number of amides is 2. The predicted octanol–water partition coefficient (Wildman–Crippen LogP) is -0.672. The molecule has 2 fully saturated rings. The molecule has 1 aliphatic heterocycles. The van der Waals surface area contributed by atoms with Crippen molar-refractivity contribution in [2.75, 3.05) is 39.0 Å². The number of hydrogen-bond donors (Lipinski definition) is 1. The van der Waals surface area contributed by atoms with Crippen LogP contribution in [-0.4, -0.2) is 80.5 Å². The number of carbonyl (C=O) groups excluding carboxylic acids is 3. The van der Waals surface area contributed by atoms with Crippen molar-refractivity contribution in [2.45, 2.75) is 38.6 Å². The Hall–Kier alpha value is -1.68. The summed E-state index contributed by atoms with van der Waals surface area (Å²) in [4.78, 5) is 37.4. The summed E-state index contributed by atoms with van der Waals surface area (Å²) >= 11 is 0. The Bertz CT molecular complexity index is 636. The smallest absolute Gasteiger partial charge is 0.329 e. The third kappa shape index (κ3) is 5.66. The minimum absolute atomic E-state index is 0.0415. The van der Waals surface area contributed by atoms with E-state index >= 15 is 0 Å². The zero-order valence-electron chi connectivity index (χ0n) is 15.3. The molecule has 2 rings (SSSR count). The first-order valence-corrected chi connectivity index (χ1v) is 10.7. The first-order valence-electron chi connectivity index (χ1n) is 8.85. The molecule has 0 aromatic rings. The van der Waals surface area contributed by atoms with E-state index in [1.54, 1.807) is 0 Å². The number of nitrogens with one attached hydrogen (secondary N) is 1. The van der Waals surface area contributed by atoms with E-state index in [1.165, 1.54) is 16.1 Å². The minimum atomic E-state index is -3.26. The molecule has 9 nitrogen and oxygen atoms in total. The van der Waals surface area contributed by atoms with Gasteiger partial charge in [-0.25, -0.2) is 13.2 Å². The number of hydrogen-bond acceptors (Lipinski definition) is 6. The standard InChI is InChI=1S/C16H27N3O6S/c1-12(20)17-15(13-5-3-4-6-13)16(22)25-11-14(21)18-7-9-19(10-8-18)26(2,23)24/h13,15H,3-11H2,1-2H3,(H,17,20). The summed E-state index contributed by atoms with van der Waals surface area (Å²) in [7, 11) is -3.26. The van der Waals surface area contributed by atoms with Crippen molar-refractivity contribution >= 4 is 27.8 Å². The number of ether oxygens (including phenoxy) is 1. The van der Waals surface area contributed by atoms with E-state index in [2.05, 4.69) is 5.32 Å². The van der Waals surface area contributed by atoms with Gasteiger partial charge in [0.05, 0.1) is 6.26 Å². The fourth-order valence-corrected chi connectivity index (χ4v) is 4.29. The molecule has 1 saturated heterocycles. The van der Waals surface area contributed by atoms with Crippen LogP contribution in [0.2, 0.25) is 0 Å². The maximum Gasteiger partial charge on any atom is 0.329 e. The molecule has 0 aromatic carbocycles. The van der Waals surface area contributed by atoms with Gasteiger partial charge in [-0.05, 0) is 18.8 Å². The molecule has 26 heavy (non-hydrogen) atoms. The van der Waals surface area contributed by atoms with Crippen molar-refractivity contribution in [3.63, 3.8) is 0 Å². The fourth-order valence-electron chi connectivity index (χ4n) is 3.46. The van der Waals surface area contributed by atoms with Crippen molar-refractivity contribution in [2.24, 2.45) is 5.92 Å². The molecule has 2 aliphatic rings. The van der Waals surface area contributed by atoms with Crippen LogP contribution in [0.4, 0.5) is 0 Å². The summed E-state index contributed by atoms with van der Waals surface area (Å²) in [5, 5.41) is 2.64. The molecule has 148 valence electrons. The Balaban J connectivity index is 1.83. The summed E-state index contributed by atoms with van der Waals surface area (Å²) in [5.41, 5.74) is 0. The van der Waals surface area contributed by atoms with Crippen molar-refractivity contribution in [1.29, 1.82) is 0 Å². The second kappa shape index (κ2) is 8.81. The lowest BCUT2D eigenvalue weighted by molar-refractivity contribution is -0.156. The van der Waals surface area contributed by atoms with Gasteiger partial charge in [0.15, 0.2) is 6.61 Å². The zero-order chi connectivity index (χ0) is 19.3. The molecule has 1 atom stereocenters. The highest BCUT2D eigenvalue weighted by molar-refractivity contribution is 7.88. The van der Waals surface area contributed by atoms with E-state index in [0.29, 0.717) is 0 Å². The number of esters is 1. The highest BCUT2D eigenvalue weighted by Crippen LogP contribution is 2.28. The topological polar surface area (TPSA) is 113 Å². The molecule has 0 aromatic heterocycles. The summed E-state index contributed by atoms with van der Waals surface area (Å²) < 4.78 is 29.4. The van der Waals surface area contributed by atoms with E-state index in [4.69, 9.17) is 4.74 Å². The van der Waals surface area contributed by atoms with E-state index in [-0.39, 0.29) is 43.9 Å². The number of rotatable bonds is 6. The third-order valence-corrected chi connectivity index (χ3v) is 6.19. The number of carbonyl (C=O) groups is 3. The van der Waals surface area contributed by atoms with Crippen LogP contribution in [0.1, 0.15) is 32.6 Å². The molecule has 1 heterocycles. The largest absolute Gasteiger partial charge is 0.454 e. The van der Waals surface area contributed by atoms with Crippen LogP contribution in [0.5, 0.6) is 0 Å².